The number of nitrogens with two attached hydrogens (primary N) is 1. The fraction of sp³-hybridized carbons (Fsp3) is 0.250. The molecule has 0 atom stereocenters. The number of benzene rings is 1. The average molecular weight is 191 g/mol. The van der Waals surface area contributed by atoms with E-state index in [2.05, 4.69) is 4.74 Å². The molecule has 0 amide bonds. The topological polar surface area (TPSA) is 35.2 Å². The minimum absolute atomic E-state index is 0.119. The second-order valence-corrected chi connectivity index (χ2v) is 2.39. The van der Waals surface area contributed by atoms with Crippen molar-refractivity contribution in [1.29, 1.82) is 0 Å². The molecule has 0 heterocycles. The molecule has 0 aliphatic carbocycles. The third kappa shape index (κ3) is 2.85. The van der Waals surface area contributed by atoms with Crippen molar-refractivity contribution in [2.24, 2.45) is 0 Å². The first-order chi connectivity index (χ1) is 6.09. The minimum Gasteiger partial charge on any atom is -0.488 e. The molecular weight excluding hydrogens is 183 g/mol. The molecular formula is C8H8F3NO. The molecule has 0 fully saturated rings. The zero-order valence-electron chi connectivity index (χ0n) is 6.64. The van der Waals surface area contributed by atoms with Gasteiger partial charge in [-0.1, -0.05) is 0 Å². The van der Waals surface area contributed by atoms with Crippen LogP contribution in [0.25, 0.3) is 0 Å². The van der Waals surface area contributed by atoms with Crippen LogP contribution in [0.5, 0.6) is 5.75 Å². The molecule has 0 aliphatic rings. The van der Waals surface area contributed by atoms with Crippen LogP contribution in [0.3, 0.4) is 0 Å². The summed E-state index contributed by atoms with van der Waals surface area (Å²) in [7, 11) is 0. The van der Waals surface area contributed by atoms with E-state index in [-0.39, 0.29) is 11.4 Å². The molecule has 0 radical (unpaired) electrons. The quantitative estimate of drug-likeness (QED) is 0.742. The zero-order chi connectivity index (χ0) is 9.84. The molecule has 0 aromatic heterocycles. The van der Waals surface area contributed by atoms with Crippen LogP contribution in [0.2, 0.25) is 0 Å². The summed E-state index contributed by atoms with van der Waals surface area (Å²) >= 11 is 0. The summed E-state index contributed by atoms with van der Waals surface area (Å²) in [4.78, 5) is 0. The maximum Gasteiger partial charge on any atom is 0.272 e. The van der Waals surface area contributed by atoms with Crippen LogP contribution in [0.4, 0.5) is 18.9 Å². The van der Waals surface area contributed by atoms with Gasteiger partial charge < -0.3 is 10.5 Å². The first-order valence-corrected chi connectivity index (χ1v) is 3.55. The van der Waals surface area contributed by atoms with E-state index in [0.29, 0.717) is 0 Å². The highest BCUT2D eigenvalue weighted by Gasteiger charge is 2.05. The van der Waals surface area contributed by atoms with E-state index in [1.165, 1.54) is 6.07 Å². The number of rotatable bonds is 3. The van der Waals surface area contributed by atoms with Gasteiger partial charge in [-0.2, -0.15) is 0 Å². The zero-order valence-corrected chi connectivity index (χ0v) is 6.64. The molecule has 1 rings (SSSR count). The molecule has 0 saturated carbocycles. The highest BCUT2D eigenvalue weighted by molar-refractivity contribution is 5.45. The lowest BCUT2D eigenvalue weighted by atomic mass is 10.3. The fourth-order valence-electron chi connectivity index (χ4n) is 0.771. The summed E-state index contributed by atoms with van der Waals surface area (Å²) in [6.45, 7) is -0.717. The lowest BCUT2D eigenvalue weighted by molar-refractivity contribution is 0.0819. The van der Waals surface area contributed by atoms with E-state index in [1.54, 1.807) is 0 Å². The number of hydrogen-bond donors (Lipinski definition) is 1. The van der Waals surface area contributed by atoms with Gasteiger partial charge in [-0.3, -0.25) is 0 Å². The van der Waals surface area contributed by atoms with Gasteiger partial charge >= 0.3 is 0 Å². The predicted molar refractivity (Wildman–Crippen MR) is 42.3 cm³/mol. The summed E-state index contributed by atoms with van der Waals surface area (Å²) in [6, 6.07) is 3.47. The Morgan fingerprint density at radius 2 is 2.08 bits per heavy atom. The van der Waals surface area contributed by atoms with Crippen molar-refractivity contribution < 1.29 is 17.9 Å². The van der Waals surface area contributed by atoms with Crippen LogP contribution in [0.15, 0.2) is 18.2 Å². The Morgan fingerprint density at radius 1 is 1.38 bits per heavy atom. The molecule has 72 valence electrons. The highest BCUT2D eigenvalue weighted by Crippen LogP contribution is 2.18. The van der Waals surface area contributed by atoms with Crippen LogP contribution in [0, 0.1) is 5.82 Å². The van der Waals surface area contributed by atoms with E-state index >= 15 is 0 Å². The normalized spacial score (nSPS) is 10.5. The average Bonchev–Trinajstić information content (AvgIpc) is 2.07. The van der Waals surface area contributed by atoms with Crippen LogP contribution in [-0.4, -0.2) is 13.0 Å². The van der Waals surface area contributed by atoms with E-state index in [9.17, 15) is 13.2 Å². The van der Waals surface area contributed by atoms with Gasteiger partial charge in [0.25, 0.3) is 6.43 Å². The Balaban J connectivity index is 2.63. The summed E-state index contributed by atoms with van der Waals surface area (Å²) in [6.07, 6.45) is -2.55. The molecule has 1 aromatic rings. The number of halogens is 3. The van der Waals surface area contributed by atoms with E-state index in [4.69, 9.17) is 5.73 Å². The SMILES string of the molecule is Nc1cc(OCC(F)F)ccc1F. The number of hydrogen-bond acceptors (Lipinski definition) is 2. The van der Waals surface area contributed by atoms with Gasteiger partial charge in [-0.25, -0.2) is 13.2 Å². The van der Waals surface area contributed by atoms with Crippen molar-refractivity contribution in [3.63, 3.8) is 0 Å². The lowest BCUT2D eigenvalue weighted by Crippen LogP contribution is -2.07. The summed E-state index contributed by atoms with van der Waals surface area (Å²) in [5, 5.41) is 0. The second kappa shape index (κ2) is 4.02. The Labute approximate surface area is 73.1 Å². The molecule has 0 bridgehead atoms. The highest BCUT2D eigenvalue weighted by atomic mass is 19.3. The first kappa shape index (κ1) is 9.70. The van der Waals surface area contributed by atoms with Gasteiger partial charge in [0, 0.05) is 6.07 Å². The van der Waals surface area contributed by atoms with Crippen molar-refractivity contribution in [2.75, 3.05) is 12.3 Å². The molecule has 2 N–H and O–H groups in total. The van der Waals surface area contributed by atoms with E-state index < -0.39 is 18.8 Å². The molecule has 0 aliphatic heterocycles. The van der Waals surface area contributed by atoms with Crippen LogP contribution in [-0.2, 0) is 0 Å². The van der Waals surface area contributed by atoms with Crippen LogP contribution < -0.4 is 10.5 Å². The Kier molecular flexibility index (Phi) is 3.00. The minimum atomic E-state index is -2.55. The lowest BCUT2D eigenvalue weighted by Gasteiger charge is -2.05. The number of nitrogen functional groups attached to an aromatic ring is 1. The van der Waals surface area contributed by atoms with Crippen molar-refractivity contribution >= 4 is 5.69 Å². The van der Waals surface area contributed by atoms with Gasteiger partial charge in [0.15, 0.2) is 0 Å². The Hall–Kier alpha value is -1.39. The number of anilines is 1. The molecule has 1 aromatic carbocycles. The molecule has 5 heteroatoms. The second-order valence-electron chi connectivity index (χ2n) is 2.39. The van der Waals surface area contributed by atoms with Crippen molar-refractivity contribution in [3.8, 4) is 5.75 Å². The predicted octanol–water partition coefficient (Wildman–Crippen LogP) is 2.05. The fourth-order valence-corrected chi connectivity index (χ4v) is 0.771. The Bertz CT molecular complexity index is 291. The molecule has 2 nitrogen and oxygen atoms in total. The van der Waals surface area contributed by atoms with Gasteiger partial charge in [0.1, 0.15) is 18.2 Å². The van der Waals surface area contributed by atoms with Gasteiger partial charge in [0.05, 0.1) is 5.69 Å². The van der Waals surface area contributed by atoms with Crippen LogP contribution in [0.1, 0.15) is 0 Å². The standard InChI is InChI=1S/C8H8F3NO/c9-6-2-1-5(3-7(6)12)13-4-8(10)11/h1-3,8H,4,12H2. The van der Waals surface area contributed by atoms with Gasteiger partial charge in [-0.05, 0) is 12.1 Å². The third-order valence-corrected chi connectivity index (χ3v) is 1.34. The van der Waals surface area contributed by atoms with Gasteiger partial charge in [-0.15, -0.1) is 0 Å². The molecule has 0 saturated heterocycles. The largest absolute Gasteiger partial charge is 0.488 e. The summed E-state index contributed by atoms with van der Waals surface area (Å²) in [5.74, 6) is -0.455. The van der Waals surface area contributed by atoms with Crippen molar-refractivity contribution in [3.05, 3.63) is 24.0 Å². The molecule has 13 heavy (non-hydrogen) atoms. The maximum absolute atomic E-state index is 12.6. The summed E-state index contributed by atoms with van der Waals surface area (Å²) < 4.78 is 40.5. The van der Waals surface area contributed by atoms with Crippen LogP contribution >= 0.6 is 0 Å². The monoisotopic (exact) mass is 191 g/mol. The van der Waals surface area contributed by atoms with E-state index in [0.717, 1.165) is 12.1 Å². The number of alkyl halides is 2. The van der Waals surface area contributed by atoms with Crippen molar-refractivity contribution in [1.82, 2.24) is 0 Å². The molecule has 0 spiro atoms. The third-order valence-electron chi connectivity index (χ3n) is 1.34. The maximum atomic E-state index is 12.6. The van der Waals surface area contributed by atoms with Crippen molar-refractivity contribution in [2.45, 2.75) is 6.43 Å². The first-order valence-electron chi connectivity index (χ1n) is 3.55. The van der Waals surface area contributed by atoms with E-state index in [1.807, 2.05) is 0 Å². The smallest absolute Gasteiger partial charge is 0.272 e. The number of ether oxygens (including phenoxy) is 1. The van der Waals surface area contributed by atoms with Gasteiger partial charge in [0.2, 0.25) is 0 Å². The Morgan fingerprint density at radius 3 is 2.62 bits per heavy atom. The molecule has 0 unspecified atom stereocenters. The summed E-state index contributed by atoms with van der Waals surface area (Å²) in [5.41, 5.74) is 5.07.